The van der Waals surface area contributed by atoms with E-state index in [1.807, 2.05) is 10.8 Å². The molecule has 16 heavy (non-hydrogen) atoms. The summed E-state index contributed by atoms with van der Waals surface area (Å²) in [5, 5.41) is 13.8. The van der Waals surface area contributed by atoms with E-state index in [0.717, 1.165) is 35.1 Å². The number of methoxy groups -OCH3 is 1. The summed E-state index contributed by atoms with van der Waals surface area (Å²) >= 11 is 3.49. The number of rotatable bonds is 4. The average molecular weight is 287 g/mol. The van der Waals surface area contributed by atoms with Crippen molar-refractivity contribution in [2.24, 2.45) is 0 Å². The summed E-state index contributed by atoms with van der Waals surface area (Å²) in [6.07, 6.45) is 5.09. The van der Waals surface area contributed by atoms with E-state index in [1.165, 1.54) is 0 Å². The van der Waals surface area contributed by atoms with Crippen molar-refractivity contribution in [2.45, 2.75) is 25.5 Å². The lowest BCUT2D eigenvalue weighted by atomic mass is 10.2. The van der Waals surface area contributed by atoms with Crippen LogP contribution in [0, 0.1) is 0 Å². The molecule has 0 amide bonds. The number of allylic oxidation sites excluding steroid dienone is 1. The number of hydrogen-bond acceptors (Lipinski definition) is 3. The number of hydrogen-bond donors (Lipinski definition) is 1. The average Bonchev–Trinajstić information content (AvgIpc) is 2.82. The topological polar surface area (TPSA) is 47.3 Å². The molecule has 0 radical (unpaired) electrons. The van der Waals surface area contributed by atoms with Crippen LogP contribution in [0.1, 0.15) is 18.5 Å². The maximum absolute atomic E-state index is 9.51. The molecule has 0 saturated heterocycles. The first-order valence-electron chi connectivity index (χ1n) is 5.31. The van der Waals surface area contributed by atoms with Crippen molar-refractivity contribution >= 4 is 21.5 Å². The van der Waals surface area contributed by atoms with Gasteiger partial charge in [0.15, 0.2) is 0 Å². The fourth-order valence-corrected chi connectivity index (χ4v) is 2.48. The van der Waals surface area contributed by atoms with E-state index in [9.17, 15) is 5.11 Å². The first-order chi connectivity index (χ1) is 7.72. The van der Waals surface area contributed by atoms with E-state index in [1.54, 1.807) is 13.3 Å². The van der Waals surface area contributed by atoms with Crippen LogP contribution in [-0.4, -0.2) is 34.7 Å². The second-order valence-electron chi connectivity index (χ2n) is 3.85. The third-order valence-corrected chi connectivity index (χ3v) is 3.29. The lowest BCUT2D eigenvalue weighted by Gasteiger charge is -2.08. The van der Waals surface area contributed by atoms with E-state index in [0.29, 0.717) is 6.61 Å². The molecule has 1 aromatic heterocycles. The van der Waals surface area contributed by atoms with Gasteiger partial charge in [0.1, 0.15) is 0 Å². The Hall–Kier alpha value is -0.650. The number of ether oxygens (including phenoxy) is 1. The van der Waals surface area contributed by atoms with Crippen molar-refractivity contribution in [3.05, 3.63) is 22.4 Å². The summed E-state index contributed by atoms with van der Waals surface area (Å²) in [5.74, 6) is 0. The molecule has 0 spiro atoms. The number of nitrogens with zero attached hydrogens (tertiary/aromatic N) is 2. The van der Waals surface area contributed by atoms with Gasteiger partial charge in [0.2, 0.25) is 0 Å². The predicted molar refractivity (Wildman–Crippen MR) is 65.0 cm³/mol. The summed E-state index contributed by atoms with van der Waals surface area (Å²) in [7, 11) is 1.68. The number of aliphatic hydroxyl groups is 1. The Bertz CT molecular complexity index is 401. The van der Waals surface area contributed by atoms with E-state index in [2.05, 4.69) is 21.0 Å². The van der Waals surface area contributed by atoms with Crippen LogP contribution in [0.2, 0.25) is 0 Å². The van der Waals surface area contributed by atoms with Crippen molar-refractivity contribution in [3.8, 4) is 0 Å². The van der Waals surface area contributed by atoms with Gasteiger partial charge in [-0.25, -0.2) is 0 Å². The molecule has 4 nitrogen and oxygen atoms in total. The van der Waals surface area contributed by atoms with Gasteiger partial charge >= 0.3 is 0 Å². The molecule has 1 aromatic rings. The van der Waals surface area contributed by atoms with Gasteiger partial charge in [-0.2, -0.15) is 5.10 Å². The van der Waals surface area contributed by atoms with Crippen molar-refractivity contribution in [1.82, 2.24) is 9.78 Å². The standard InChI is InChI=1S/C11H15BrN2O2/c1-16-5-4-14-11(10(12)7-13-14)8-2-3-9(15)6-8/h6-7,9,15H,2-5H2,1H3. The Morgan fingerprint density at radius 1 is 1.69 bits per heavy atom. The lowest BCUT2D eigenvalue weighted by molar-refractivity contribution is 0.183. The predicted octanol–water partition coefficient (Wildman–Crippen LogP) is 1.83. The molecule has 5 heteroatoms. The Morgan fingerprint density at radius 2 is 2.50 bits per heavy atom. The van der Waals surface area contributed by atoms with Crippen molar-refractivity contribution in [3.63, 3.8) is 0 Å². The number of aromatic nitrogens is 2. The molecule has 1 atom stereocenters. The minimum absolute atomic E-state index is 0.312. The molecule has 1 unspecified atom stereocenters. The first kappa shape index (κ1) is 11.8. The minimum atomic E-state index is -0.312. The van der Waals surface area contributed by atoms with Crippen LogP contribution in [0.4, 0.5) is 0 Å². The molecule has 0 saturated carbocycles. The molecule has 0 bridgehead atoms. The molecule has 0 fully saturated rings. The van der Waals surface area contributed by atoms with Gasteiger partial charge in [0, 0.05) is 7.11 Å². The van der Waals surface area contributed by atoms with E-state index in [4.69, 9.17) is 4.74 Å². The van der Waals surface area contributed by atoms with Gasteiger partial charge in [0.25, 0.3) is 0 Å². The second kappa shape index (κ2) is 5.12. The molecule has 0 aromatic carbocycles. The zero-order valence-electron chi connectivity index (χ0n) is 9.19. The highest BCUT2D eigenvalue weighted by Crippen LogP contribution is 2.32. The Morgan fingerprint density at radius 3 is 3.12 bits per heavy atom. The van der Waals surface area contributed by atoms with Crippen LogP contribution in [0.5, 0.6) is 0 Å². The summed E-state index contributed by atoms with van der Waals surface area (Å²) in [4.78, 5) is 0. The highest BCUT2D eigenvalue weighted by molar-refractivity contribution is 9.10. The lowest BCUT2D eigenvalue weighted by Crippen LogP contribution is -2.08. The van der Waals surface area contributed by atoms with Crippen molar-refractivity contribution in [1.29, 1.82) is 0 Å². The summed E-state index contributed by atoms with van der Waals surface area (Å²) < 4.78 is 7.94. The molecular formula is C11H15BrN2O2. The van der Waals surface area contributed by atoms with Crippen LogP contribution >= 0.6 is 15.9 Å². The van der Waals surface area contributed by atoms with Gasteiger partial charge < -0.3 is 9.84 Å². The highest BCUT2D eigenvalue weighted by atomic mass is 79.9. The fraction of sp³-hybridized carbons (Fsp3) is 0.545. The SMILES string of the molecule is COCCn1ncc(Br)c1C1=CC(O)CC1. The molecule has 1 N–H and O–H groups in total. The van der Waals surface area contributed by atoms with Gasteiger partial charge in [-0.1, -0.05) is 6.08 Å². The maximum atomic E-state index is 9.51. The van der Waals surface area contributed by atoms with Gasteiger partial charge in [-0.3, -0.25) is 4.68 Å². The zero-order valence-corrected chi connectivity index (χ0v) is 10.8. The monoisotopic (exact) mass is 286 g/mol. The van der Waals surface area contributed by atoms with Crippen molar-refractivity contribution < 1.29 is 9.84 Å². The van der Waals surface area contributed by atoms with Crippen LogP contribution in [0.3, 0.4) is 0 Å². The molecule has 2 rings (SSSR count). The highest BCUT2D eigenvalue weighted by Gasteiger charge is 2.20. The summed E-state index contributed by atoms with van der Waals surface area (Å²) in [6.45, 7) is 1.36. The molecule has 1 aliphatic carbocycles. The number of aliphatic hydroxyl groups excluding tert-OH is 1. The molecule has 0 aliphatic heterocycles. The van der Waals surface area contributed by atoms with Crippen LogP contribution in [0.25, 0.3) is 5.57 Å². The van der Waals surface area contributed by atoms with Crippen LogP contribution in [0.15, 0.2) is 16.7 Å². The summed E-state index contributed by atoms with van der Waals surface area (Å²) in [5.41, 5.74) is 2.22. The molecular weight excluding hydrogens is 272 g/mol. The second-order valence-corrected chi connectivity index (χ2v) is 4.71. The van der Waals surface area contributed by atoms with E-state index < -0.39 is 0 Å². The van der Waals surface area contributed by atoms with Gasteiger partial charge in [-0.15, -0.1) is 0 Å². The Kier molecular flexibility index (Phi) is 3.78. The third kappa shape index (κ3) is 2.36. The third-order valence-electron chi connectivity index (χ3n) is 2.71. The number of halogens is 1. The van der Waals surface area contributed by atoms with E-state index in [-0.39, 0.29) is 6.10 Å². The van der Waals surface area contributed by atoms with Gasteiger partial charge in [0.05, 0.1) is 35.6 Å². The Labute approximate surface area is 103 Å². The van der Waals surface area contributed by atoms with Crippen LogP contribution < -0.4 is 0 Å². The van der Waals surface area contributed by atoms with E-state index >= 15 is 0 Å². The quantitative estimate of drug-likeness (QED) is 0.919. The first-order valence-corrected chi connectivity index (χ1v) is 6.11. The largest absolute Gasteiger partial charge is 0.389 e. The normalized spacial score (nSPS) is 20.2. The molecule has 1 heterocycles. The molecule has 1 aliphatic rings. The smallest absolute Gasteiger partial charge is 0.0783 e. The maximum Gasteiger partial charge on any atom is 0.0783 e. The zero-order chi connectivity index (χ0) is 11.5. The van der Waals surface area contributed by atoms with Gasteiger partial charge in [-0.05, 0) is 34.3 Å². The summed E-state index contributed by atoms with van der Waals surface area (Å²) in [6, 6.07) is 0. The van der Waals surface area contributed by atoms with Crippen molar-refractivity contribution in [2.75, 3.05) is 13.7 Å². The molecule has 88 valence electrons. The fourth-order valence-electron chi connectivity index (χ4n) is 1.93. The van der Waals surface area contributed by atoms with Crippen LogP contribution in [-0.2, 0) is 11.3 Å². The Balaban J connectivity index is 2.25. The minimum Gasteiger partial charge on any atom is -0.389 e.